The van der Waals surface area contributed by atoms with Gasteiger partial charge < -0.3 is 5.32 Å². The SMILES string of the molecule is CC/C(=N/NC(=O)C(=O)Nc1ccc(C)cc1)C(C)C. The molecule has 108 valence electrons. The highest BCUT2D eigenvalue weighted by molar-refractivity contribution is 6.39. The number of aryl methyl sites for hydroxylation is 1. The van der Waals surface area contributed by atoms with E-state index in [-0.39, 0.29) is 5.92 Å². The van der Waals surface area contributed by atoms with Gasteiger partial charge in [0.05, 0.1) is 0 Å². The van der Waals surface area contributed by atoms with Crippen molar-refractivity contribution in [1.82, 2.24) is 5.43 Å². The molecule has 1 rings (SSSR count). The minimum atomic E-state index is -0.767. The van der Waals surface area contributed by atoms with Crippen molar-refractivity contribution in [2.75, 3.05) is 5.32 Å². The second-order valence-electron chi connectivity index (χ2n) is 4.87. The maximum Gasteiger partial charge on any atom is 0.329 e. The molecule has 0 aromatic heterocycles. The molecule has 0 heterocycles. The molecular weight excluding hydrogens is 254 g/mol. The summed E-state index contributed by atoms with van der Waals surface area (Å²) >= 11 is 0. The van der Waals surface area contributed by atoms with Crippen LogP contribution in [-0.2, 0) is 9.59 Å². The van der Waals surface area contributed by atoms with Crippen LogP contribution in [0.25, 0.3) is 0 Å². The molecule has 20 heavy (non-hydrogen) atoms. The van der Waals surface area contributed by atoms with Gasteiger partial charge in [-0.1, -0.05) is 38.5 Å². The van der Waals surface area contributed by atoms with Crippen LogP contribution in [0.3, 0.4) is 0 Å². The van der Waals surface area contributed by atoms with Gasteiger partial charge in [-0.2, -0.15) is 5.10 Å². The van der Waals surface area contributed by atoms with E-state index in [2.05, 4.69) is 15.8 Å². The van der Waals surface area contributed by atoms with E-state index in [1.807, 2.05) is 39.8 Å². The van der Waals surface area contributed by atoms with Crippen LogP contribution in [-0.4, -0.2) is 17.5 Å². The number of nitrogens with zero attached hydrogens (tertiary/aromatic N) is 1. The van der Waals surface area contributed by atoms with E-state index in [0.717, 1.165) is 17.7 Å². The quantitative estimate of drug-likeness (QED) is 0.503. The number of anilines is 1. The number of rotatable bonds is 4. The van der Waals surface area contributed by atoms with Crippen LogP contribution in [0.1, 0.15) is 32.8 Å². The maximum absolute atomic E-state index is 11.7. The van der Waals surface area contributed by atoms with E-state index in [1.165, 1.54) is 0 Å². The van der Waals surface area contributed by atoms with Crippen LogP contribution < -0.4 is 10.7 Å². The lowest BCUT2D eigenvalue weighted by atomic mass is 10.1. The van der Waals surface area contributed by atoms with Gasteiger partial charge in [-0.3, -0.25) is 9.59 Å². The van der Waals surface area contributed by atoms with Crippen LogP contribution in [0.15, 0.2) is 29.4 Å². The van der Waals surface area contributed by atoms with E-state index in [9.17, 15) is 9.59 Å². The third-order valence-electron chi connectivity index (χ3n) is 2.85. The number of carbonyl (C=O) groups excluding carboxylic acids is 2. The Labute approximate surface area is 119 Å². The third kappa shape index (κ3) is 4.84. The highest BCUT2D eigenvalue weighted by Gasteiger charge is 2.13. The van der Waals surface area contributed by atoms with Crippen molar-refractivity contribution in [2.24, 2.45) is 11.0 Å². The van der Waals surface area contributed by atoms with E-state index in [1.54, 1.807) is 12.1 Å². The van der Waals surface area contributed by atoms with Gasteiger partial charge in [0.25, 0.3) is 0 Å². The van der Waals surface area contributed by atoms with Gasteiger partial charge in [0, 0.05) is 11.4 Å². The summed E-state index contributed by atoms with van der Waals surface area (Å²) in [4.78, 5) is 23.3. The summed E-state index contributed by atoms with van der Waals surface area (Å²) < 4.78 is 0. The highest BCUT2D eigenvalue weighted by Crippen LogP contribution is 2.08. The molecule has 0 fully saturated rings. The first-order valence-electron chi connectivity index (χ1n) is 6.68. The minimum absolute atomic E-state index is 0.237. The first-order chi connectivity index (χ1) is 9.43. The zero-order valence-corrected chi connectivity index (χ0v) is 12.4. The van der Waals surface area contributed by atoms with Gasteiger partial charge in [0.1, 0.15) is 0 Å². The van der Waals surface area contributed by atoms with Crippen LogP contribution in [0.2, 0.25) is 0 Å². The standard InChI is InChI=1S/C15H21N3O2/c1-5-13(10(2)3)17-18-15(20)14(19)16-12-8-6-11(4)7-9-12/h6-10H,5H2,1-4H3,(H,16,19)(H,18,20)/b17-13-. The lowest BCUT2D eigenvalue weighted by Gasteiger charge is -2.08. The van der Waals surface area contributed by atoms with Crippen LogP contribution >= 0.6 is 0 Å². The van der Waals surface area contributed by atoms with Gasteiger partial charge in [-0.05, 0) is 31.4 Å². The zero-order valence-electron chi connectivity index (χ0n) is 12.4. The van der Waals surface area contributed by atoms with Crippen molar-refractivity contribution in [3.05, 3.63) is 29.8 Å². The Morgan fingerprint density at radius 1 is 1.15 bits per heavy atom. The van der Waals surface area contributed by atoms with E-state index >= 15 is 0 Å². The second-order valence-corrected chi connectivity index (χ2v) is 4.87. The normalized spacial score (nSPS) is 11.3. The number of carbonyl (C=O) groups is 2. The molecule has 0 unspecified atom stereocenters. The molecule has 5 heteroatoms. The fourth-order valence-corrected chi connectivity index (χ4v) is 1.61. The molecule has 2 amide bonds. The molecule has 0 aliphatic heterocycles. The zero-order chi connectivity index (χ0) is 15.1. The molecule has 2 N–H and O–H groups in total. The topological polar surface area (TPSA) is 70.6 Å². The van der Waals surface area contributed by atoms with Crippen molar-refractivity contribution >= 4 is 23.2 Å². The largest absolute Gasteiger partial charge is 0.329 e. The summed E-state index contributed by atoms with van der Waals surface area (Å²) in [6.07, 6.45) is 0.734. The number of amides is 2. The summed E-state index contributed by atoms with van der Waals surface area (Å²) in [5, 5.41) is 6.49. The Kier molecular flexibility index (Phi) is 5.90. The average Bonchev–Trinajstić information content (AvgIpc) is 2.41. The number of hydrazone groups is 1. The predicted octanol–water partition coefficient (Wildman–Crippen LogP) is 2.47. The van der Waals surface area contributed by atoms with Gasteiger partial charge in [-0.25, -0.2) is 5.43 Å². The highest BCUT2D eigenvalue weighted by atomic mass is 16.2. The predicted molar refractivity (Wildman–Crippen MR) is 80.5 cm³/mol. The van der Waals surface area contributed by atoms with Crippen LogP contribution in [0, 0.1) is 12.8 Å². The van der Waals surface area contributed by atoms with Crippen LogP contribution in [0.5, 0.6) is 0 Å². The number of hydrogen-bond acceptors (Lipinski definition) is 3. The summed E-state index contributed by atoms with van der Waals surface area (Å²) in [6, 6.07) is 7.21. The molecular formula is C15H21N3O2. The Bertz CT molecular complexity index is 504. The van der Waals surface area contributed by atoms with Crippen LogP contribution in [0.4, 0.5) is 5.69 Å². The molecule has 0 bridgehead atoms. The second kappa shape index (κ2) is 7.43. The Morgan fingerprint density at radius 3 is 2.25 bits per heavy atom. The third-order valence-corrected chi connectivity index (χ3v) is 2.85. The molecule has 0 aliphatic rings. The van der Waals surface area contributed by atoms with Crippen molar-refractivity contribution in [3.63, 3.8) is 0 Å². The van der Waals surface area contributed by atoms with Crippen molar-refractivity contribution in [2.45, 2.75) is 34.1 Å². The fraction of sp³-hybridized carbons (Fsp3) is 0.400. The van der Waals surface area contributed by atoms with Crippen molar-refractivity contribution in [1.29, 1.82) is 0 Å². The average molecular weight is 275 g/mol. The van der Waals surface area contributed by atoms with Gasteiger partial charge in [-0.15, -0.1) is 0 Å². The Hall–Kier alpha value is -2.17. The number of benzene rings is 1. The molecule has 1 aromatic carbocycles. The van der Waals surface area contributed by atoms with E-state index < -0.39 is 11.8 Å². The van der Waals surface area contributed by atoms with Gasteiger partial charge in [0.15, 0.2) is 0 Å². The molecule has 0 saturated heterocycles. The van der Waals surface area contributed by atoms with Crippen molar-refractivity contribution in [3.8, 4) is 0 Å². The van der Waals surface area contributed by atoms with E-state index in [4.69, 9.17) is 0 Å². The summed E-state index contributed by atoms with van der Waals surface area (Å²) in [7, 11) is 0. The molecule has 0 radical (unpaired) electrons. The van der Waals surface area contributed by atoms with Gasteiger partial charge >= 0.3 is 11.8 Å². The molecule has 5 nitrogen and oxygen atoms in total. The lowest BCUT2D eigenvalue weighted by Crippen LogP contribution is -2.33. The first-order valence-corrected chi connectivity index (χ1v) is 6.68. The number of hydrogen-bond donors (Lipinski definition) is 2. The van der Waals surface area contributed by atoms with Gasteiger partial charge in [0.2, 0.25) is 0 Å². The monoisotopic (exact) mass is 275 g/mol. The smallest absolute Gasteiger partial charge is 0.318 e. The first kappa shape index (κ1) is 15.9. The summed E-state index contributed by atoms with van der Waals surface area (Å²) in [6.45, 7) is 7.88. The molecule has 1 aromatic rings. The van der Waals surface area contributed by atoms with E-state index in [0.29, 0.717) is 5.69 Å². The Morgan fingerprint density at radius 2 is 1.75 bits per heavy atom. The maximum atomic E-state index is 11.7. The lowest BCUT2D eigenvalue weighted by molar-refractivity contribution is -0.136. The summed E-state index contributed by atoms with van der Waals surface area (Å²) in [5.74, 6) is -1.26. The Balaban J connectivity index is 2.59. The minimum Gasteiger partial charge on any atom is -0.318 e. The molecule has 0 atom stereocenters. The summed E-state index contributed by atoms with van der Waals surface area (Å²) in [5.41, 5.74) is 4.80. The molecule has 0 spiro atoms. The fourth-order valence-electron chi connectivity index (χ4n) is 1.61. The number of nitrogens with one attached hydrogen (secondary N) is 2. The molecule has 0 aliphatic carbocycles. The molecule has 0 saturated carbocycles. The van der Waals surface area contributed by atoms with Crippen molar-refractivity contribution < 1.29 is 9.59 Å².